The number of carboxylic acid groups (broad SMARTS) is 4. The predicted molar refractivity (Wildman–Crippen MR) is 108 cm³/mol. The normalized spacial score (nSPS) is 9.53. The Morgan fingerprint density at radius 1 is 0.500 bits per heavy atom. The number of aliphatic carboxylic acids is 4. The van der Waals surface area contributed by atoms with Crippen LogP contribution in [0.1, 0.15) is 0 Å². The molecule has 0 aliphatic heterocycles. The van der Waals surface area contributed by atoms with E-state index in [1.165, 1.54) is 9.80 Å². The first kappa shape index (κ1) is 41.9. The molecule has 0 aromatic rings. The van der Waals surface area contributed by atoms with Gasteiger partial charge in [0.25, 0.3) is 0 Å². The minimum Gasteiger partial charge on any atom is -0.480 e. The van der Waals surface area contributed by atoms with Gasteiger partial charge in [0.1, 0.15) is 0 Å². The third-order valence-electron chi connectivity index (χ3n) is 2.91. The summed E-state index contributed by atoms with van der Waals surface area (Å²) in [4.78, 5) is 44.9. The van der Waals surface area contributed by atoms with Crippen molar-refractivity contribution >= 4 is 142 Å². The number of nitrogens with zero attached hydrogens (tertiary/aromatic N) is 2. The summed E-state index contributed by atoms with van der Waals surface area (Å²) in [6, 6.07) is 0. The monoisotopic (exact) mass is 472 g/mol. The molecule has 0 aromatic heterocycles. The van der Waals surface area contributed by atoms with E-state index in [4.69, 9.17) is 29.9 Å². The molecule has 154 valence electrons. The third kappa shape index (κ3) is 29.7. The molecule has 0 aromatic carbocycles. The van der Waals surface area contributed by atoms with Gasteiger partial charge in [0.2, 0.25) is 0 Å². The fourth-order valence-corrected chi connectivity index (χ4v) is 1.90. The second-order valence-electron chi connectivity index (χ2n) is 5.22. The first-order chi connectivity index (χ1) is 12.2. The van der Waals surface area contributed by atoms with Gasteiger partial charge in [-0.3, -0.25) is 29.0 Å². The number of carboxylic acids is 4. The average Bonchev–Trinajstić information content (AvgIpc) is 2.47. The van der Waals surface area contributed by atoms with Crippen molar-refractivity contribution in [3.05, 3.63) is 0 Å². The Labute approximate surface area is 263 Å². The molecule has 4 N–H and O–H groups in total. The van der Waals surface area contributed by atoms with Crippen LogP contribution in [0.3, 0.4) is 0 Å². The first-order valence-electron chi connectivity index (χ1n) is 7.68. The molecule has 12 nitrogen and oxygen atoms in total. The molecular formula is C14H24N2Na4O10. The molecule has 0 bridgehead atoms. The van der Waals surface area contributed by atoms with Crippen LogP contribution in [-0.2, 0) is 28.7 Å². The maximum absolute atomic E-state index is 10.6. The molecule has 0 unspecified atom stereocenters. The number of carbonyl (C=O) groups is 4. The summed E-state index contributed by atoms with van der Waals surface area (Å²) in [7, 11) is 0. The Hall–Kier alpha value is 1.72. The quantitative estimate of drug-likeness (QED) is 0.121. The zero-order chi connectivity index (χ0) is 19.9. The van der Waals surface area contributed by atoms with Crippen LogP contribution < -0.4 is 0 Å². The van der Waals surface area contributed by atoms with Gasteiger partial charge in [-0.15, -0.1) is 0 Å². The maximum atomic E-state index is 10.6. The Kier molecular flexibility index (Phi) is 37.7. The largest absolute Gasteiger partial charge is 0.480 e. The number of hydrogen-bond donors (Lipinski definition) is 4. The van der Waals surface area contributed by atoms with E-state index >= 15 is 0 Å². The van der Waals surface area contributed by atoms with Crippen molar-refractivity contribution in [2.24, 2.45) is 0 Å². The topological polar surface area (TPSA) is 174 Å². The van der Waals surface area contributed by atoms with Crippen LogP contribution in [0.4, 0.5) is 0 Å². The van der Waals surface area contributed by atoms with Crippen LogP contribution in [-0.4, -0.2) is 238 Å². The van der Waals surface area contributed by atoms with Gasteiger partial charge < -0.3 is 29.9 Å². The molecule has 4 radical (unpaired) electrons. The van der Waals surface area contributed by atoms with Crippen molar-refractivity contribution in [1.29, 1.82) is 0 Å². The van der Waals surface area contributed by atoms with E-state index in [0.717, 1.165) is 0 Å². The molecule has 16 heteroatoms. The maximum Gasteiger partial charge on any atom is 0.317 e. The zero-order valence-electron chi connectivity index (χ0n) is 18.2. The summed E-state index contributed by atoms with van der Waals surface area (Å²) in [5, 5.41) is 34.7. The van der Waals surface area contributed by atoms with Crippen LogP contribution in [0.2, 0.25) is 0 Å². The van der Waals surface area contributed by atoms with Crippen LogP contribution >= 0.6 is 0 Å². The van der Waals surface area contributed by atoms with Crippen molar-refractivity contribution in [1.82, 2.24) is 9.80 Å². The first-order valence-corrected chi connectivity index (χ1v) is 7.68. The van der Waals surface area contributed by atoms with E-state index in [-0.39, 0.29) is 158 Å². The van der Waals surface area contributed by atoms with E-state index in [2.05, 4.69) is 0 Å². The Balaban J connectivity index is -0.000000521. The van der Waals surface area contributed by atoms with Crippen LogP contribution in [0.5, 0.6) is 0 Å². The molecule has 30 heavy (non-hydrogen) atoms. The van der Waals surface area contributed by atoms with Crippen molar-refractivity contribution in [3.63, 3.8) is 0 Å². The zero-order valence-corrected chi connectivity index (χ0v) is 26.2. The van der Waals surface area contributed by atoms with Gasteiger partial charge in [-0.2, -0.15) is 0 Å². The van der Waals surface area contributed by atoms with E-state index < -0.39 is 50.1 Å². The molecule has 0 fully saturated rings. The van der Waals surface area contributed by atoms with Gasteiger partial charge in [0.15, 0.2) is 0 Å². The predicted octanol–water partition coefficient (Wildman–Crippen LogP) is -3.56. The van der Waals surface area contributed by atoms with E-state index in [1.807, 2.05) is 0 Å². The summed E-state index contributed by atoms with van der Waals surface area (Å²) >= 11 is 0. The molecule has 0 atom stereocenters. The van der Waals surface area contributed by atoms with E-state index in [9.17, 15) is 19.2 Å². The average molecular weight is 472 g/mol. The second kappa shape index (κ2) is 27.0. The fourth-order valence-electron chi connectivity index (χ4n) is 1.90. The van der Waals surface area contributed by atoms with Crippen molar-refractivity contribution in [2.75, 3.05) is 65.7 Å². The standard InChI is InChI=1S/C14H24N2O10.4Na/c17-11(18)7-15(8-12(19)20)1-3-25-5-6-26-4-2-16(9-13(21)22)10-14(23)24;;;;/h1-10H2,(H,17,18)(H,19,20)(H,21,22)(H,23,24);;;;. The number of rotatable bonds is 17. The van der Waals surface area contributed by atoms with Gasteiger partial charge in [-0.05, 0) is 0 Å². The van der Waals surface area contributed by atoms with Gasteiger partial charge in [0.05, 0.1) is 52.6 Å². The SMILES string of the molecule is O=C(O)CN(CCOCCOCCN(CC(=O)O)CC(=O)O)CC(=O)O.[Na].[Na].[Na].[Na]. The molecule has 0 rings (SSSR count). The van der Waals surface area contributed by atoms with Crippen LogP contribution in [0.25, 0.3) is 0 Å². The Morgan fingerprint density at radius 2 is 0.733 bits per heavy atom. The van der Waals surface area contributed by atoms with Crippen LogP contribution in [0, 0.1) is 0 Å². The van der Waals surface area contributed by atoms with Gasteiger partial charge >= 0.3 is 23.9 Å². The van der Waals surface area contributed by atoms with Crippen LogP contribution in [0.15, 0.2) is 0 Å². The van der Waals surface area contributed by atoms with Crippen molar-refractivity contribution in [3.8, 4) is 0 Å². The van der Waals surface area contributed by atoms with Crippen molar-refractivity contribution < 1.29 is 49.1 Å². The smallest absolute Gasteiger partial charge is 0.317 e. The molecule has 0 aliphatic carbocycles. The molecule has 0 spiro atoms. The summed E-state index contributed by atoms with van der Waals surface area (Å²) in [5.41, 5.74) is 0. The Morgan fingerprint density at radius 3 is 0.933 bits per heavy atom. The number of hydrogen-bond acceptors (Lipinski definition) is 8. The van der Waals surface area contributed by atoms with E-state index in [1.54, 1.807) is 0 Å². The van der Waals surface area contributed by atoms with Gasteiger partial charge in [-0.1, -0.05) is 0 Å². The summed E-state index contributed by atoms with van der Waals surface area (Å²) < 4.78 is 10.4. The van der Waals surface area contributed by atoms with Gasteiger partial charge in [-0.25, -0.2) is 0 Å². The molecule has 0 aliphatic rings. The molecule has 0 saturated heterocycles. The second-order valence-corrected chi connectivity index (χ2v) is 5.22. The van der Waals surface area contributed by atoms with Crippen molar-refractivity contribution in [2.45, 2.75) is 0 Å². The van der Waals surface area contributed by atoms with Gasteiger partial charge in [0, 0.05) is 131 Å². The molecule has 0 amide bonds. The molecule has 0 saturated carbocycles. The summed E-state index contributed by atoms with van der Waals surface area (Å²) in [5.74, 6) is -4.55. The minimum absolute atomic E-state index is 0. The molecule has 0 heterocycles. The molecular weight excluding hydrogens is 448 g/mol. The summed E-state index contributed by atoms with van der Waals surface area (Å²) in [6.07, 6.45) is 0. The Bertz CT molecular complexity index is 414. The van der Waals surface area contributed by atoms with E-state index in [0.29, 0.717) is 0 Å². The third-order valence-corrected chi connectivity index (χ3v) is 2.91. The fraction of sp³-hybridized carbons (Fsp3) is 0.714. The number of ether oxygens (including phenoxy) is 2. The minimum atomic E-state index is -1.14. The summed E-state index contributed by atoms with van der Waals surface area (Å²) in [6.45, 7) is -0.790.